The van der Waals surface area contributed by atoms with E-state index >= 15 is 0 Å². The van der Waals surface area contributed by atoms with Crippen LogP contribution in [-0.4, -0.2) is 11.5 Å². The zero-order valence-electron chi connectivity index (χ0n) is 6.55. The Morgan fingerprint density at radius 1 is 1.38 bits per heavy atom. The van der Waals surface area contributed by atoms with Crippen LogP contribution in [0.15, 0.2) is 22.7 Å². The second-order valence-corrected chi connectivity index (χ2v) is 3.43. The molecule has 1 atom stereocenters. The van der Waals surface area contributed by atoms with Crippen LogP contribution in [0.5, 0.6) is 5.75 Å². The lowest BCUT2D eigenvalue weighted by Gasteiger charge is -2.11. The maximum absolute atomic E-state index is 12.1. The number of alkyl halides is 2. The molecule has 0 aromatic heterocycles. The van der Waals surface area contributed by atoms with Gasteiger partial charge in [0.1, 0.15) is 5.75 Å². The number of hydrogen-bond donors (Lipinski definition) is 2. The largest absolute Gasteiger partial charge is 0.507 e. The Bertz CT molecular complexity index is 306. The van der Waals surface area contributed by atoms with Crippen LogP contribution in [0.3, 0.4) is 0 Å². The van der Waals surface area contributed by atoms with Crippen LogP contribution in [0.25, 0.3) is 0 Å². The van der Waals surface area contributed by atoms with Gasteiger partial charge < -0.3 is 10.8 Å². The van der Waals surface area contributed by atoms with Crippen LogP contribution in [-0.2, 0) is 0 Å². The van der Waals surface area contributed by atoms with E-state index in [9.17, 15) is 8.78 Å². The van der Waals surface area contributed by atoms with Crippen molar-refractivity contribution in [2.24, 2.45) is 5.73 Å². The Morgan fingerprint density at radius 3 is 2.46 bits per heavy atom. The third-order valence-corrected chi connectivity index (χ3v) is 2.26. The van der Waals surface area contributed by atoms with Crippen molar-refractivity contribution in [2.75, 3.05) is 0 Å². The highest BCUT2D eigenvalue weighted by atomic mass is 79.9. The van der Waals surface area contributed by atoms with E-state index in [1.54, 1.807) is 0 Å². The van der Waals surface area contributed by atoms with Crippen LogP contribution < -0.4 is 5.73 Å². The van der Waals surface area contributed by atoms with E-state index in [1.807, 2.05) is 0 Å². The molecule has 1 rings (SSSR count). The first-order valence-electron chi connectivity index (χ1n) is 3.54. The quantitative estimate of drug-likeness (QED) is 0.848. The van der Waals surface area contributed by atoms with Gasteiger partial charge in [-0.2, -0.15) is 0 Å². The molecule has 1 aromatic carbocycles. The predicted molar refractivity (Wildman–Crippen MR) is 48.7 cm³/mol. The van der Waals surface area contributed by atoms with Gasteiger partial charge in [0.2, 0.25) is 0 Å². The topological polar surface area (TPSA) is 46.2 Å². The molecular weight excluding hydrogens is 244 g/mol. The molecule has 72 valence electrons. The van der Waals surface area contributed by atoms with Gasteiger partial charge in [0.15, 0.2) is 0 Å². The maximum Gasteiger partial charge on any atom is 0.257 e. The highest BCUT2D eigenvalue weighted by Crippen LogP contribution is 2.28. The molecule has 0 saturated heterocycles. The molecule has 0 amide bonds. The zero-order chi connectivity index (χ0) is 10.0. The molecule has 0 aliphatic rings. The minimum atomic E-state index is -2.60. The highest BCUT2D eigenvalue weighted by Gasteiger charge is 2.17. The lowest BCUT2D eigenvalue weighted by Crippen LogP contribution is -2.18. The average molecular weight is 252 g/mol. The maximum atomic E-state index is 12.1. The van der Waals surface area contributed by atoms with Crippen molar-refractivity contribution < 1.29 is 13.9 Å². The Balaban J connectivity index is 2.97. The zero-order valence-corrected chi connectivity index (χ0v) is 8.13. The van der Waals surface area contributed by atoms with Crippen molar-refractivity contribution in [3.8, 4) is 5.75 Å². The molecule has 0 fully saturated rings. The highest BCUT2D eigenvalue weighted by molar-refractivity contribution is 9.10. The number of phenolic OH excluding ortho intramolecular Hbond substituents is 1. The standard InChI is InChI=1S/C8H8BrF2NO/c9-5-3-4(1-2-6(5)13)7(12)8(10)11/h1-3,7-8,13H,12H2/t7-/m1/s1. The van der Waals surface area contributed by atoms with Gasteiger partial charge in [-0.05, 0) is 33.6 Å². The molecule has 2 nitrogen and oxygen atoms in total. The van der Waals surface area contributed by atoms with Crippen LogP contribution in [0.2, 0.25) is 0 Å². The van der Waals surface area contributed by atoms with Gasteiger partial charge in [-0.3, -0.25) is 0 Å². The average Bonchev–Trinajstić information content (AvgIpc) is 2.08. The molecule has 0 radical (unpaired) electrons. The van der Waals surface area contributed by atoms with E-state index in [0.717, 1.165) is 0 Å². The second kappa shape index (κ2) is 4.02. The number of aromatic hydroxyl groups is 1. The summed E-state index contributed by atoms with van der Waals surface area (Å²) in [5.41, 5.74) is 5.50. The SMILES string of the molecule is N[C@H](c1ccc(O)c(Br)c1)C(F)F. The van der Waals surface area contributed by atoms with Crippen molar-refractivity contribution in [1.82, 2.24) is 0 Å². The fraction of sp³-hybridized carbons (Fsp3) is 0.250. The number of halogens is 3. The second-order valence-electron chi connectivity index (χ2n) is 2.57. The monoisotopic (exact) mass is 251 g/mol. The molecule has 5 heteroatoms. The number of rotatable bonds is 2. The summed E-state index contributed by atoms with van der Waals surface area (Å²) in [5, 5.41) is 9.09. The van der Waals surface area contributed by atoms with Crippen LogP contribution in [0.4, 0.5) is 8.78 Å². The minimum absolute atomic E-state index is 0.00483. The van der Waals surface area contributed by atoms with E-state index in [-0.39, 0.29) is 5.75 Å². The van der Waals surface area contributed by atoms with Crippen molar-refractivity contribution in [3.05, 3.63) is 28.2 Å². The number of phenols is 1. The molecule has 0 spiro atoms. The van der Waals surface area contributed by atoms with E-state index in [2.05, 4.69) is 15.9 Å². The Labute approximate surface area is 82.5 Å². The minimum Gasteiger partial charge on any atom is -0.507 e. The van der Waals surface area contributed by atoms with Crippen LogP contribution in [0.1, 0.15) is 11.6 Å². The van der Waals surface area contributed by atoms with Gasteiger partial charge in [0.05, 0.1) is 10.5 Å². The molecule has 0 heterocycles. The molecular formula is C8H8BrF2NO. The summed E-state index contributed by atoms with van der Waals surface area (Å²) in [4.78, 5) is 0. The van der Waals surface area contributed by atoms with Gasteiger partial charge in [-0.25, -0.2) is 8.78 Å². The van der Waals surface area contributed by atoms with Crippen molar-refractivity contribution in [3.63, 3.8) is 0 Å². The molecule has 1 aromatic rings. The summed E-state index contributed by atoms with van der Waals surface area (Å²) < 4.78 is 24.6. The van der Waals surface area contributed by atoms with Gasteiger partial charge in [0, 0.05) is 0 Å². The molecule has 0 aliphatic carbocycles. The Morgan fingerprint density at radius 2 is 2.00 bits per heavy atom. The van der Waals surface area contributed by atoms with E-state index < -0.39 is 12.5 Å². The predicted octanol–water partition coefficient (Wildman–Crippen LogP) is 2.42. The van der Waals surface area contributed by atoms with Crippen molar-refractivity contribution in [2.45, 2.75) is 12.5 Å². The fourth-order valence-corrected chi connectivity index (χ4v) is 1.27. The Kier molecular flexibility index (Phi) is 3.22. The van der Waals surface area contributed by atoms with E-state index in [4.69, 9.17) is 10.8 Å². The molecule has 3 N–H and O–H groups in total. The molecule has 0 bridgehead atoms. The lowest BCUT2D eigenvalue weighted by atomic mass is 10.1. The van der Waals surface area contributed by atoms with Gasteiger partial charge in [-0.1, -0.05) is 6.07 Å². The summed E-state index contributed by atoms with van der Waals surface area (Å²) in [6.07, 6.45) is -2.60. The van der Waals surface area contributed by atoms with Gasteiger partial charge in [-0.15, -0.1) is 0 Å². The summed E-state index contributed by atoms with van der Waals surface area (Å²) in [6, 6.07) is 2.77. The van der Waals surface area contributed by atoms with Crippen molar-refractivity contribution >= 4 is 15.9 Å². The summed E-state index contributed by atoms with van der Waals surface area (Å²) in [5.74, 6) is 0.00483. The summed E-state index contributed by atoms with van der Waals surface area (Å²) >= 11 is 3.01. The molecule has 13 heavy (non-hydrogen) atoms. The number of hydrogen-bond acceptors (Lipinski definition) is 2. The van der Waals surface area contributed by atoms with E-state index in [0.29, 0.717) is 10.0 Å². The summed E-state index contributed by atoms with van der Waals surface area (Å²) in [6.45, 7) is 0. The third-order valence-electron chi connectivity index (χ3n) is 1.63. The molecule has 0 aliphatic heterocycles. The number of benzene rings is 1. The van der Waals surface area contributed by atoms with Crippen LogP contribution >= 0.6 is 15.9 Å². The Hall–Kier alpha value is -0.680. The van der Waals surface area contributed by atoms with Gasteiger partial charge >= 0.3 is 0 Å². The lowest BCUT2D eigenvalue weighted by molar-refractivity contribution is 0.116. The normalized spacial score (nSPS) is 13.3. The fourth-order valence-electron chi connectivity index (χ4n) is 0.876. The third kappa shape index (κ3) is 2.38. The number of nitrogens with two attached hydrogens (primary N) is 1. The van der Waals surface area contributed by atoms with Crippen LogP contribution in [0, 0.1) is 0 Å². The molecule has 0 saturated carbocycles. The van der Waals surface area contributed by atoms with Crippen molar-refractivity contribution in [1.29, 1.82) is 0 Å². The smallest absolute Gasteiger partial charge is 0.257 e. The molecule has 0 unspecified atom stereocenters. The van der Waals surface area contributed by atoms with Gasteiger partial charge in [0.25, 0.3) is 6.43 Å². The first kappa shape index (κ1) is 10.4. The summed E-state index contributed by atoms with van der Waals surface area (Å²) in [7, 11) is 0. The first-order valence-corrected chi connectivity index (χ1v) is 4.34. The first-order chi connectivity index (χ1) is 6.02. The van der Waals surface area contributed by atoms with E-state index in [1.165, 1.54) is 18.2 Å².